The highest BCUT2D eigenvalue weighted by Gasteiger charge is 2.24. The van der Waals surface area contributed by atoms with Gasteiger partial charge >= 0.3 is 0 Å². The van der Waals surface area contributed by atoms with Crippen LogP contribution in [0.1, 0.15) is 50.5 Å². The van der Waals surface area contributed by atoms with E-state index >= 15 is 0 Å². The molecule has 0 saturated heterocycles. The molecule has 0 aliphatic heterocycles. The number of benzene rings is 2. The minimum Gasteiger partial charge on any atom is -0.349 e. The van der Waals surface area contributed by atoms with Crippen LogP contribution < -0.4 is 10.6 Å². The van der Waals surface area contributed by atoms with Crippen LogP contribution in [0.3, 0.4) is 0 Å². The maximum Gasteiger partial charge on any atom is 0.259 e. The SMILES string of the molecule is Cc1ccc(C(=O)NC2CC2)cc1NC(=O)c1c(C)nn(-c2ccccc2)c1C. The molecule has 148 valence electrons. The van der Waals surface area contributed by atoms with Crippen molar-refractivity contribution in [3.8, 4) is 5.69 Å². The zero-order valence-electron chi connectivity index (χ0n) is 16.8. The summed E-state index contributed by atoms with van der Waals surface area (Å²) in [6.07, 6.45) is 2.07. The molecule has 6 heteroatoms. The molecule has 1 aliphatic rings. The standard InChI is InChI=1S/C23H24N4O2/c1-14-9-10-17(22(28)24-18-11-12-18)13-20(14)25-23(29)21-15(2)26-27(16(21)3)19-7-5-4-6-8-19/h4-10,13,18H,11-12H2,1-3H3,(H,24,28)(H,25,29). The van der Waals surface area contributed by atoms with Gasteiger partial charge < -0.3 is 10.6 Å². The second kappa shape index (κ2) is 7.54. The van der Waals surface area contributed by atoms with E-state index in [0.29, 0.717) is 22.5 Å². The topological polar surface area (TPSA) is 76.0 Å². The Hall–Kier alpha value is -3.41. The van der Waals surface area contributed by atoms with Crippen molar-refractivity contribution in [1.29, 1.82) is 0 Å². The molecule has 0 atom stereocenters. The van der Waals surface area contributed by atoms with Crippen LogP contribution in [0.15, 0.2) is 48.5 Å². The van der Waals surface area contributed by atoms with Crippen molar-refractivity contribution < 1.29 is 9.59 Å². The Balaban J connectivity index is 1.60. The van der Waals surface area contributed by atoms with Gasteiger partial charge in [0.25, 0.3) is 11.8 Å². The van der Waals surface area contributed by atoms with Crippen LogP contribution in [0.2, 0.25) is 0 Å². The third kappa shape index (κ3) is 3.92. The number of aryl methyl sites for hydroxylation is 2. The predicted octanol–water partition coefficient (Wildman–Crippen LogP) is 3.94. The first-order valence-corrected chi connectivity index (χ1v) is 9.78. The number of nitrogens with zero attached hydrogens (tertiary/aromatic N) is 2. The van der Waals surface area contributed by atoms with Crippen molar-refractivity contribution >= 4 is 17.5 Å². The molecule has 3 aromatic rings. The van der Waals surface area contributed by atoms with Crippen molar-refractivity contribution in [2.24, 2.45) is 0 Å². The highest BCUT2D eigenvalue weighted by molar-refractivity contribution is 6.07. The molecular formula is C23H24N4O2. The average Bonchev–Trinajstić information content (AvgIpc) is 3.47. The van der Waals surface area contributed by atoms with Crippen LogP contribution in [-0.2, 0) is 0 Å². The summed E-state index contributed by atoms with van der Waals surface area (Å²) in [6.45, 7) is 5.62. The van der Waals surface area contributed by atoms with Gasteiger partial charge in [-0.1, -0.05) is 24.3 Å². The van der Waals surface area contributed by atoms with Crippen LogP contribution in [0, 0.1) is 20.8 Å². The van der Waals surface area contributed by atoms with Gasteiger partial charge in [-0.05, 0) is 63.4 Å². The van der Waals surface area contributed by atoms with Crippen molar-refractivity contribution in [2.75, 3.05) is 5.32 Å². The zero-order valence-corrected chi connectivity index (χ0v) is 16.8. The summed E-state index contributed by atoms with van der Waals surface area (Å²) in [5.74, 6) is -0.336. The largest absolute Gasteiger partial charge is 0.349 e. The van der Waals surface area contributed by atoms with Gasteiger partial charge in [-0.15, -0.1) is 0 Å². The van der Waals surface area contributed by atoms with Gasteiger partial charge in [0, 0.05) is 17.3 Å². The van der Waals surface area contributed by atoms with E-state index in [1.165, 1.54) is 0 Å². The van der Waals surface area contributed by atoms with Gasteiger partial charge in [0.1, 0.15) is 0 Å². The van der Waals surface area contributed by atoms with Crippen molar-refractivity contribution in [3.05, 3.63) is 76.6 Å². The quantitative estimate of drug-likeness (QED) is 0.695. The maximum atomic E-state index is 13.1. The van der Waals surface area contributed by atoms with Crippen LogP contribution in [0.5, 0.6) is 0 Å². The van der Waals surface area contributed by atoms with Gasteiger partial charge in [-0.3, -0.25) is 9.59 Å². The number of amides is 2. The van der Waals surface area contributed by atoms with E-state index in [9.17, 15) is 9.59 Å². The molecule has 1 aromatic heterocycles. The van der Waals surface area contributed by atoms with Gasteiger partial charge in [-0.25, -0.2) is 4.68 Å². The van der Waals surface area contributed by atoms with Gasteiger partial charge in [0.15, 0.2) is 0 Å². The highest BCUT2D eigenvalue weighted by Crippen LogP contribution is 2.23. The number of anilines is 1. The number of carbonyl (C=O) groups excluding carboxylic acids is 2. The fourth-order valence-corrected chi connectivity index (χ4v) is 3.37. The summed E-state index contributed by atoms with van der Waals surface area (Å²) in [7, 11) is 0. The fourth-order valence-electron chi connectivity index (χ4n) is 3.37. The molecule has 1 fully saturated rings. The summed E-state index contributed by atoms with van der Waals surface area (Å²) >= 11 is 0. The van der Waals surface area contributed by atoms with E-state index in [4.69, 9.17) is 0 Å². The van der Waals surface area contributed by atoms with Crippen molar-refractivity contribution in [2.45, 2.75) is 39.7 Å². The molecule has 0 spiro atoms. The lowest BCUT2D eigenvalue weighted by Crippen LogP contribution is -2.25. The van der Waals surface area contributed by atoms with Crippen molar-refractivity contribution in [1.82, 2.24) is 15.1 Å². The lowest BCUT2D eigenvalue weighted by Gasteiger charge is -2.11. The first kappa shape index (κ1) is 18.9. The zero-order chi connectivity index (χ0) is 20.5. The van der Waals surface area contributed by atoms with E-state index in [0.717, 1.165) is 29.8 Å². The Morgan fingerprint density at radius 2 is 1.72 bits per heavy atom. The number of carbonyl (C=O) groups is 2. The molecular weight excluding hydrogens is 364 g/mol. The Morgan fingerprint density at radius 3 is 2.41 bits per heavy atom. The summed E-state index contributed by atoms with van der Waals surface area (Å²) in [6, 6.07) is 15.4. The molecule has 2 N–H and O–H groups in total. The minimum absolute atomic E-state index is 0.104. The monoisotopic (exact) mass is 388 g/mol. The Morgan fingerprint density at radius 1 is 1.00 bits per heavy atom. The summed E-state index contributed by atoms with van der Waals surface area (Å²) < 4.78 is 1.77. The normalized spacial score (nSPS) is 13.2. The van der Waals surface area contributed by atoms with E-state index in [1.54, 1.807) is 16.8 Å². The molecule has 1 heterocycles. The number of para-hydroxylation sites is 1. The summed E-state index contributed by atoms with van der Waals surface area (Å²) in [5, 5.41) is 10.5. The number of rotatable bonds is 5. The predicted molar refractivity (Wildman–Crippen MR) is 113 cm³/mol. The van der Waals surface area contributed by atoms with E-state index in [2.05, 4.69) is 15.7 Å². The molecule has 1 saturated carbocycles. The Labute approximate surface area is 169 Å². The second-order valence-electron chi connectivity index (χ2n) is 7.52. The molecule has 29 heavy (non-hydrogen) atoms. The third-order valence-corrected chi connectivity index (χ3v) is 5.18. The van der Waals surface area contributed by atoms with E-state index in [-0.39, 0.29) is 17.9 Å². The van der Waals surface area contributed by atoms with Crippen LogP contribution in [-0.4, -0.2) is 27.6 Å². The molecule has 0 bridgehead atoms. The molecule has 0 radical (unpaired) electrons. The number of hydrogen-bond acceptors (Lipinski definition) is 3. The number of aromatic nitrogens is 2. The Kier molecular flexibility index (Phi) is 4.92. The lowest BCUT2D eigenvalue weighted by molar-refractivity contribution is 0.0949. The summed E-state index contributed by atoms with van der Waals surface area (Å²) in [4.78, 5) is 25.4. The molecule has 1 aliphatic carbocycles. The minimum atomic E-state index is -0.231. The number of hydrogen-bond donors (Lipinski definition) is 2. The molecule has 6 nitrogen and oxygen atoms in total. The lowest BCUT2D eigenvalue weighted by atomic mass is 10.1. The molecule has 2 aromatic carbocycles. The van der Waals surface area contributed by atoms with Gasteiger partial charge in [0.2, 0.25) is 0 Å². The van der Waals surface area contributed by atoms with E-state index < -0.39 is 0 Å². The smallest absolute Gasteiger partial charge is 0.259 e. The molecule has 2 amide bonds. The molecule has 0 unspecified atom stereocenters. The van der Waals surface area contributed by atoms with Gasteiger partial charge in [0.05, 0.1) is 22.6 Å². The van der Waals surface area contributed by atoms with E-state index in [1.807, 2.05) is 57.2 Å². The maximum absolute atomic E-state index is 13.1. The second-order valence-corrected chi connectivity index (χ2v) is 7.52. The first-order chi connectivity index (χ1) is 13.9. The average molecular weight is 388 g/mol. The summed E-state index contributed by atoms with van der Waals surface area (Å²) in [5.41, 5.74) is 4.95. The van der Waals surface area contributed by atoms with Crippen LogP contribution in [0.25, 0.3) is 5.69 Å². The van der Waals surface area contributed by atoms with Gasteiger partial charge in [-0.2, -0.15) is 5.10 Å². The Bertz CT molecular complexity index is 1080. The van der Waals surface area contributed by atoms with Crippen LogP contribution >= 0.6 is 0 Å². The third-order valence-electron chi connectivity index (χ3n) is 5.18. The van der Waals surface area contributed by atoms with Crippen LogP contribution in [0.4, 0.5) is 5.69 Å². The first-order valence-electron chi connectivity index (χ1n) is 9.78. The molecule has 4 rings (SSSR count). The highest BCUT2D eigenvalue weighted by atomic mass is 16.2. The fraction of sp³-hybridized carbons (Fsp3) is 0.261. The number of nitrogens with one attached hydrogen (secondary N) is 2. The van der Waals surface area contributed by atoms with Crippen molar-refractivity contribution in [3.63, 3.8) is 0 Å².